The molecule has 1 unspecified atom stereocenters. The molecule has 2 aliphatic heterocycles. The zero-order valence-corrected chi connectivity index (χ0v) is 30.0. The van der Waals surface area contributed by atoms with Gasteiger partial charge in [0.15, 0.2) is 5.43 Å². The monoisotopic (exact) mass is 730 g/mol. The predicted octanol–water partition coefficient (Wildman–Crippen LogP) is 6.15. The molecule has 3 aromatic carbocycles. The van der Waals surface area contributed by atoms with E-state index in [9.17, 15) is 9.59 Å². The van der Waals surface area contributed by atoms with E-state index in [1.165, 1.54) is 16.8 Å². The van der Waals surface area contributed by atoms with Gasteiger partial charge in [0.25, 0.3) is 0 Å². The minimum atomic E-state index is -1.18. The number of anilines is 2. The first-order valence-corrected chi connectivity index (χ1v) is 17.9. The molecule has 2 aliphatic rings. The van der Waals surface area contributed by atoms with Crippen molar-refractivity contribution in [3.8, 4) is 11.4 Å². The van der Waals surface area contributed by atoms with E-state index in [-0.39, 0.29) is 36.4 Å². The number of piperazine rings is 1. The fourth-order valence-electron chi connectivity index (χ4n) is 6.50. The van der Waals surface area contributed by atoms with Crippen LogP contribution in [0.5, 0.6) is 5.75 Å². The van der Waals surface area contributed by atoms with Gasteiger partial charge in [-0.15, -0.1) is 0 Å². The van der Waals surface area contributed by atoms with Crippen molar-refractivity contribution in [3.05, 3.63) is 134 Å². The Morgan fingerprint density at radius 3 is 2.14 bits per heavy atom. The number of aromatic nitrogens is 4. The maximum Gasteiger partial charge on any atom is 0.350 e. The standard InChI is InChI=1S/C38H40Cl2N6O5/c1-3-27(2)46-37(48)45(26-41-46)31-7-5-29(6-8-31)43-18-20-44(21-19-43)30-9-11-33(12-10-30)49-23-34-24-50-38(51-34,25-42-16-14-32(47)15-17-42)35-13-4-28(39)22-36(35)40/h4-17,22,26-27,34H,3,18-21,23-25H2,1-2H3/t27?,34-,38-/m1/s1. The van der Waals surface area contributed by atoms with Crippen LogP contribution >= 0.6 is 23.2 Å². The Hall–Kier alpha value is -4.55. The Morgan fingerprint density at radius 1 is 0.882 bits per heavy atom. The SMILES string of the molecule is CCC(C)n1ncn(-c2ccc(N3CCN(c4ccc(OC[C@@H]5CO[C@@](Cn6ccc(=O)cc6)(c6ccc(Cl)cc6Cl)O5)cc4)CC3)cc2)c1=O. The minimum absolute atomic E-state index is 0.0595. The number of ether oxygens (including phenoxy) is 3. The van der Waals surface area contributed by atoms with Gasteiger partial charge in [-0.3, -0.25) is 4.79 Å². The molecule has 5 aromatic rings. The van der Waals surface area contributed by atoms with Crippen LogP contribution in [0.25, 0.3) is 5.69 Å². The Balaban J connectivity index is 0.935. The van der Waals surface area contributed by atoms with Crippen molar-refractivity contribution in [2.24, 2.45) is 0 Å². The van der Waals surface area contributed by atoms with Crippen molar-refractivity contribution >= 4 is 34.6 Å². The molecule has 0 radical (unpaired) electrons. The topological polar surface area (TPSA) is 96.0 Å². The molecule has 0 N–H and O–H groups in total. The first-order valence-electron chi connectivity index (χ1n) is 17.1. The van der Waals surface area contributed by atoms with Crippen LogP contribution in [0.2, 0.25) is 10.0 Å². The molecule has 0 spiro atoms. The van der Waals surface area contributed by atoms with E-state index in [4.69, 9.17) is 37.4 Å². The predicted molar refractivity (Wildman–Crippen MR) is 199 cm³/mol. The van der Waals surface area contributed by atoms with Gasteiger partial charge in [0, 0.05) is 72.7 Å². The number of hydrogen-bond donors (Lipinski definition) is 0. The van der Waals surface area contributed by atoms with Gasteiger partial charge in [-0.25, -0.2) is 14.0 Å². The molecule has 4 heterocycles. The molecule has 0 saturated carbocycles. The lowest BCUT2D eigenvalue weighted by atomic mass is 10.1. The molecule has 2 fully saturated rings. The first-order chi connectivity index (χ1) is 24.7. The molecule has 0 amide bonds. The van der Waals surface area contributed by atoms with E-state index in [1.54, 1.807) is 41.5 Å². The molecule has 2 saturated heterocycles. The molecule has 0 bridgehead atoms. The van der Waals surface area contributed by atoms with Gasteiger partial charge in [0.05, 0.1) is 29.9 Å². The summed E-state index contributed by atoms with van der Waals surface area (Å²) in [5.74, 6) is -0.451. The number of halogens is 2. The molecule has 0 aliphatic carbocycles. The third kappa shape index (κ3) is 7.57. The maximum absolute atomic E-state index is 12.8. The van der Waals surface area contributed by atoms with Crippen molar-refractivity contribution in [1.29, 1.82) is 0 Å². The highest BCUT2D eigenvalue weighted by atomic mass is 35.5. The lowest BCUT2D eigenvalue weighted by Crippen LogP contribution is -2.46. The normalized spacial score (nSPS) is 19.7. The van der Waals surface area contributed by atoms with E-state index >= 15 is 0 Å². The summed E-state index contributed by atoms with van der Waals surface area (Å²) >= 11 is 12.8. The summed E-state index contributed by atoms with van der Waals surface area (Å²) in [6.45, 7) is 8.41. The van der Waals surface area contributed by atoms with E-state index in [0.717, 1.165) is 55.4 Å². The van der Waals surface area contributed by atoms with E-state index < -0.39 is 5.79 Å². The summed E-state index contributed by atoms with van der Waals surface area (Å²) in [5, 5.41) is 5.24. The van der Waals surface area contributed by atoms with Crippen LogP contribution in [-0.2, 0) is 21.8 Å². The summed E-state index contributed by atoms with van der Waals surface area (Å²) in [4.78, 5) is 29.2. The summed E-state index contributed by atoms with van der Waals surface area (Å²) in [6.07, 6.45) is 5.47. The first kappa shape index (κ1) is 34.9. The summed E-state index contributed by atoms with van der Waals surface area (Å²) in [5.41, 5.74) is 3.52. The fraction of sp³-hybridized carbons (Fsp3) is 0.342. The summed E-state index contributed by atoms with van der Waals surface area (Å²) < 4.78 is 24.0. The zero-order chi connectivity index (χ0) is 35.5. The molecule has 13 heteroatoms. The third-order valence-electron chi connectivity index (χ3n) is 9.56. The van der Waals surface area contributed by atoms with Gasteiger partial charge in [0.1, 0.15) is 24.8 Å². The smallest absolute Gasteiger partial charge is 0.350 e. The molecule has 2 aromatic heterocycles. The zero-order valence-electron chi connectivity index (χ0n) is 28.5. The number of pyridine rings is 1. The second kappa shape index (κ2) is 15.0. The van der Waals surface area contributed by atoms with Crippen LogP contribution in [0.1, 0.15) is 31.9 Å². The van der Waals surface area contributed by atoms with Gasteiger partial charge in [-0.2, -0.15) is 5.10 Å². The quantitative estimate of drug-likeness (QED) is 0.160. The summed E-state index contributed by atoms with van der Waals surface area (Å²) in [6, 6.07) is 24.5. The van der Waals surface area contributed by atoms with Crippen molar-refractivity contribution in [3.63, 3.8) is 0 Å². The van der Waals surface area contributed by atoms with E-state index in [2.05, 4.69) is 39.2 Å². The lowest BCUT2D eigenvalue weighted by molar-refractivity contribution is -0.189. The molecular formula is C38H40Cl2N6O5. The van der Waals surface area contributed by atoms with Crippen molar-refractivity contribution in [2.75, 3.05) is 49.2 Å². The molecule has 3 atom stereocenters. The molecule has 7 rings (SSSR count). The van der Waals surface area contributed by atoms with Crippen LogP contribution < -0.4 is 25.7 Å². The second-order valence-electron chi connectivity index (χ2n) is 12.9. The highest BCUT2D eigenvalue weighted by Crippen LogP contribution is 2.40. The molecule has 266 valence electrons. The number of rotatable bonds is 11. The minimum Gasteiger partial charge on any atom is -0.491 e. The average Bonchev–Trinajstić information content (AvgIpc) is 3.75. The van der Waals surface area contributed by atoms with Crippen LogP contribution in [0.4, 0.5) is 11.4 Å². The second-order valence-corrected chi connectivity index (χ2v) is 13.8. The number of benzene rings is 3. The van der Waals surface area contributed by atoms with Crippen LogP contribution in [0.15, 0.2) is 107 Å². The van der Waals surface area contributed by atoms with Gasteiger partial charge in [0.2, 0.25) is 5.79 Å². The van der Waals surface area contributed by atoms with Crippen molar-refractivity contribution < 1.29 is 14.2 Å². The van der Waals surface area contributed by atoms with Gasteiger partial charge in [-0.05, 0) is 74.0 Å². The number of nitrogens with zero attached hydrogens (tertiary/aromatic N) is 6. The van der Waals surface area contributed by atoms with Crippen molar-refractivity contribution in [1.82, 2.24) is 18.9 Å². The van der Waals surface area contributed by atoms with Gasteiger partial charge < -0.3 is 28.6 Å². The summed E-state index contributed by atoms with van der Waals surface area (Å²) in [7, 11) is 0. The molecular weight excluding hydrogens is 691 g/mol. The van der Waals surface area contributed by atoms with Crippen LogP contribution in [0.3, 0.4) is 0 Å². The Bertz CT molecular complexity index is 2050. The highest BCUT2D eigenvalue weighted by molar-refractivity contribution is 6.35. The Morgan fingerprint density at radius 2 is 1.51 bits per heavy atom. The molecule has 11 nitrogen and oxygen atoms in total. The van der Waals surface area contributed by atoms with E-state index in [1.807, 2.05) is 42.7 Å². The largest absolute Gasteiger partial charge is 0.491 e. The maximum atomic E-state index is 12.8. The third-order valence-corrected chi connectivity index (χ3v) is 10.1. The van der Waals surface area contributed by atoms with Crippen molar-refractivity contribution in [2.45, 2.75) is 44.7 Å². The highest BCUT2D eigenvalue weighted by Gasteiger charge is 2.45. The van der Waals surface area contributed by atoms with E-state index in [0.29, 0.717) is 22.2 Å². The van der Waals surface area contributed by atoms with Gasteiger partial charge in [-0.1, -0.05) is 36.2 Å². The molecule has 51 heavy (non-hydrogen) atoms. The average molecular weight is 732 g/mol. The fourth-order valence-corrected chi connectivity index (χ4v) is 7.05. The van der Waals surface area contributed by atoms with Gasteiger partial charge >= 0.3 is 5.69 Å². The Labute approximate surface area is 306 Å². The lowest BCUT2D eigenvalue weighted by Gasteiger charge is -2.37. The van der Waals surface area contributed by atoms with Crippen LogP contribution in [0, 0.1) is 0 Å². The van der Waals surface area contributed by atoms with Crippen LogP contribution in [-0.4, -0.2) is 64.4 Å². The number of hydrogen-bond acceptors (Lipinski definition) is 8. The Kier molecular flexibility index (Phi) is 10.2.